The lowest BCUT2D eigenvalue weighted by Gasteiger charge is -2.40. The van der Waals surface area contributed by atoms with E-state index in [0.29, 0.717) is 13.2 Å². The van der Waals surface area contributed by atoms with Crippen LogP contribution in [0.4, 0.5) is 0 Å². The van der Waals surface area contributed by atoms with Gasteiger partial charge in [-0.15, -0.1) is 0 Å². The van der Waals surface area contributed by atoms with Crippen molar-refractivity contribution in [1.82, 2.24) is 0 Å². The Balaban J connectivity index is 2.54. The van der Waals surface area contributed by atoms with Crippen molar-refractivity contribution in [2.24, 2.45) is 11.1 Å². The standard InChI is InChI=1S/C6H11NO3/c1-6(2-10-3-6)4(7)5(8)9/h4H,2-3,7H2,1H3,(H,8,9)/t4-/m0/s1. The average Bonchev–Trinajstić information content (AvgIpc) is 1.81. The van der Waals surface area contributed by atoms with E-state index < -0.39 is 12.0 Å². The highest BCUT2D eigenvalue weighted by Gasteiger charge is 2.43. The average molecular weight is 145 g/mol. The zero-order chi connectivity index (χ0) is 7.78. The second kappa shape index (κ2) is 2.21. The zero-order valence-corrected chi connectivity index (χ0v) is 5.83. The van der Waals surface area contributed by atoms with Crippen LogP contribution in [0.5, 0.6) is 0 Å². The van der Waals surface area contributed by atoms with Crippen LogP contribution in [-0.2, 0) is 9.53 Å². The number of ether oxygens (including phenoxy) is 1. The molecule has 0 unspecified atom stereocenters. The van der Waals surface area contributed by atoms with Crippen LogP contribution in [0.25, 0.3) is 0 Å². The molecule has 0 saturated carbocycles. The highest BCUT2D eigenvalue weighted by Crippen LogP contribution is 2.29. The van der Waals surface area contributed by atoms with E-state index in [0.717, 1.165) is 0 Å². The Labute approximate surface area is 59.0 Å². The largest absolute Gasteiger partial charge is 0.480 e. The first kappa shape index (κ1) is 7.50. The molecule has 0 spiro atoms. The number of carboxylic acid groups (broad SMARTS) is 1. The van der Waals surface area contributed by atoms with Gasteiger partial charge in [-0.25, -0.2) is 0 Å². The van der Waals surface area contributed by atoms with Gasteiger partial charge in [-0.1, -0.05) is 6.92 Å². The van der Waals surface area contributed by atoms with Gasteiger partial charge in [-0.05, 0) is 0 Å². The summed E-state index contributed by atoms with van der Waals surface area (Å²) >= 11 is 0. The molecule has 10 heavy (non-hydrogen) atoms. The molecule has 0 aromatic carbocycles. The minimum absolute atomic E-state index is 0.341. The summed E-state index contributed by atoms with van der Waals surface area (Å²) in [5.74, 6) is -0.953. The molecule has 1 atom stereocenters. The summed E-state index contributed by atoms with van der Waals surface area (Å²) in [4.78, 5) is 10.4. The van der Waals surface area contributed by atoms with Gasteiger partial charge in [0.1, 0.15) is 6.04 Å². The van der Waals surface area contributed by atoms with Crippen molar-refractivity contribution in [1.29, 1.82) is 0 Å². The molecule has 1 aliphatic heterocycles. The maximum atomic E-state index is 10.4. The van der Waals surface area contributed by atoms with Crippen LogP contribution in [0.15, 0.2) is 0 Å². The Morgan fingerprint density at radius 2 is 2.30 bits per heavy atom. The molecule has 1 fully saturated rings. The summed E-state index contributed by atoms with van der Waals surface area (Å²) < 4.78 is 4.87. The highest BCUT2D eigenvalue weighted by molar-refractivity contribution is 5.74. The summed E-state index contributed by atoms with van der Waals surface area (Å²) in [5.41, 5.74) is 5.04. The summed E-state index contributed by atoms with van der Waals surface area (Å²) in [5, 5.41) is 8.50. The van der Waals surface area contributed by atoms with Gasteiger partial charge >= 0.3 is 5.97 Å². The van der Waals surface area contributed by atoms with Crippen LogP contribution in [0.1, 0.15) is 6.92 Å². The van der Waals surface area contributed by atoms with Crippen molar-refractivity contribution >= 4 is 5.97 Å². The molecule has 0 aromatic heterocycles. The van der Waals surface area contributed by atoms with Gasteiger partial charge in [0.25, 0.3) is 0 Å². The Bertz CT molecular complexity index is 153. The molecular weight excluding hydrogens is 134 g/mol. The van der Waals surface area contributed by atoms with E-state index >= 15 is 0 Å². The van der Waals surface area contributed by atoms with E-state index in [2.05, 4.69) is 0 Å². The van der Waals surface area contributed by atoms with Crippen LogP contribution in [0, 0.1) is 5.41 Å². The predicted octanol–water partition coefficient (Wildman–Crippen LogP) is -0.565. The predicted molar refractivity (Wildman–Crippen MR) is 34.5 cm³/mol. The number of aliphatic carboxylic acids is 1. The highest BCUT2D eigenvalue weighted by atomic mass is 16.5. The van der Waals surface area contributed by atoms with Crippen LogP contribution >= 0.6 is 0 Å². The molecule has 1 heterocycles. The first-order valence-electron chi connectivity index (χ1n) is 3.12. The fourth-order valence-corrected chi connectivity index (χ4v) is 0.902. The molecule has 0 amide bonds. The summed E-state index contributed by atoms with van der Waals surface area (Å²) in [7, 11) is 0. The van der Waals surface area contributed by atoms with Crippen molar-refractivity contribution in [3.63, 3.8) is 0 Å². The molecule has 58 valence electrons. The molecule has 0 aliphatic carbocycles. The molecule has 0 aromatic rings. The van der Waals surface area contributed by atoms with Crippen molar-refractivity contribution in [3.05, 3.63) is 0 Å². The monoisotopic (exact) mass is 145 g/mol. The second-order valence-electron chi connectivity index (χ2n) is 2.96. The van der Waals surface area contributed by atoms with E-state index in [1.54, 1.807) is 0 Å². The molecule has 4 heteroatoms. The minimum atomic E-state index is -0.953. The van der Waals surface area contributed by atoms with Gasteiger partial charge in [-0.2, -0.15) is 0 Å². The number of rotatable bonds is 2. The van der Waals surface area contributed by atoms with Gasteiger partial charge in [0.2, 0.25) is 0 Å². The van der Waals surface area contributed by atoms with E-state index in [4.69, 9.17) is 15.6 Å². The summed E-state index contributed by atoms with van der Waals surface area (Å²) in [6.45, 7) is 2.73. The van der Waals surface area contributed by atoms with Crippen LogP contribution in [-0.4, -0.2) is 30.3 Å². The third-order valence-electron chi connectivity index (χ3n) is 1.88. The summed E-state index contributed by atoms with van der Waals surface area (Å²) in [6, 6.07) is -0.791. The minimum Gasteiger partial charge on any atom is -0.480 e. The van der Waals surface area contributed by atoms with E-state index in [1.165, 1.54) is 0 Å². The first-order valence-corrected chi connectivity index (χ1v) is 3.12. The van der Waals surface area contributed by atoms with Crippen molar-refractivity contribution < 1.29 is 14.6 Å². The number of carbonyl (C=O) groups is 1. The lowest BCUT2D eigenvalue weighted by atomic mass is 9.81. The molecule has 0 bridgehead atoms. The Morgan fingerprint density at radius 3 is 2.40 bits per heavy atom. The smallest absolute Gasteiger partial charge is 0.321 e. The molecule has 0 radical (unpaired) electrons. The molecular formula is C6H11NO3. The number of carboxylic acids is 1. The molecule has 1 saturated heterocycles. The topological polar surface area (TPSA) is 72.6 Å². The van der Waals surface area contributed by atoms with Gasteiger partial charge < -0.3 is 15.6 Å². The molecule has 1 rings (SSSR count). The van der Waals surface area contributed by atoms with Gasteiger partial charge in [0, 0.05) is 5.41 Å². The molecule has 3 N–H and O–H groups in total. The fourth-order valence-electron chi connectivity index (χ4n) is 0.902. The third-order valence-corrected chi connectivity index (χ3v) is 1.88. The van der Waals surface area contributed by atoms with Crippen LogP contribution in [0.2, 0.25) is 0 Å². The lowest BCUT2D eigenvalue weighted by Crippen LogP contribution is -2.56. The van der Waals surface area contributed by atoms with E-state index in [-0.39, 0.29) is 5.41 Å². The first-order chi connectivity index (χ1) is 4.56. The Kier molecular flexibility index (Phi) is 1.66. The lowest BCUT2D eigenvalue weighted by molar-refractivity contribution is -0.158. The van der Waals surface area contributed by atoms with Crippen molar-refractivity contribution in [2.45, 2.75) is 13.0 Å². The number of hydrogen-bond donors (Lipinski definition) is 2. The third kappa shape index (κ3) is 0.998. The summed E-state index contributed by atoms with van der Waals surface area (Å²) in [6.07, 6.45) is 0. The van der Waals surface area contributed by atoms with Crippen molar-refractivity contribution in [2.75, 3.05) is 13.2 Å². The second-order valence-corrected chi connectivity index (χ2v) is 2.96. The Hall–Kier alpha value is -0.610. The van der Waals surface area contributed by atoms with Crippen molar-refractivity contribution in [3.8, 4) is 0 Å². The van der Waals surface area contributed by atoms with Gasteiger partial charge in [0.05, 0.1) is 13.2 Å². The SMILES string of the molecule is CC1([C@@H](N)C(=O)O)COC1. The fraction of sp³-hybridized carbons (Fsp3) is 0.833. The molecule has 1 aliphatic rings. The number of hydrogen-bond acceptors (Lipinski definition) is 3. The van der Waals surface area contributed by atoms with E-state index in [1.807, 2.05) is 6.92 Å². The molecule has 4 nitrogen and oxygen atoms in total. The Morgan fingerprint density at radius 1 is 1.80 bits per heavy atom. The quantitative estimate of drug-likeness (QED) is 0.546. The van der Waals surface area contributed by atoms with Crippen LogP contribution < -0.4 is 5.73 Å². The van der Waals surface area contributed by atoms with Gasteiger partial charge in [0.15, 0.2) is 0 Å². The normalized spacial score (nSPS) is 25.0. The maximum Gasteiger partial charge on any atom is 0.321 e. The van der Waals surface area contributed by atoms with Gasteiger partial charge in [-0.3, -0.25) is 4.79 Å². The van der Waals surface area contributed by atoms with Crippen LogP contribution in [0.3, 0.4) is 0 Å². The maximum absolute atomic E-state index is 10.4. The van der Waals surface area contributed by atoms with E-state index in [9.17, 15) is 4.79 Å². The number of nitrogens with two attached hydrogens (primary N) is 1. The zero-order valence-electron chi connectivity index (χ0n) is 5.83.